The van der Waals surface area contributed by atoms with Crippen molar-refractivity contribution >= 4 is 17.2 Å². The van der Waals surface area contributed by atoms with Gasteiger partial charge in [0, 0.05) is 12.5 Å². The number of fused-ring (bicyclic) bond motifs is 1. The second kappa shape index (κ2) is 6.31. The zero-order valence-corrected chi connectivity index (χ0v) is 12.9. The normalized spacial score (nSPS) is 14.3. The molecule has 1 aromatic carbocycles. The van der Waals surface area contributed by atoms with E-state index >= 15 is 0 Å². The first-order valence-corrected chi connectivity index (χ1v) is 8.20. The Bertz CT molecular complexity index is 622. The minimum absolute atomic E-state index is 0.0883. The molecule has 0 radical (unpaired) electrons. The summed E-state index contributed by atoms with van der Waals surface area (Å²) in [5.41, 5.74) is 3.62. The fourth-order valence-corrected chi connectivity index (χ4v) is 3.34. The highest BCUT2D eigenvalue weighted by Crippen LogP contribution is 2.26. The van der Waals surface area contributed by atoms with E-state index in [1.54, 1.807) is 11.3 Å². The van der Waals surface area contributed by atoms with Crippen LogP contribution in [0.2, 0.25) is 0 Å². The summed E-state index contributed by atoms with van der Waals surface area (Å²) in [5, 5.41) is 7.09. The van der Waals surface area contributed by atoms with Gasteiger partial charge < -0.3 is 10.1 Å². The lowest BCUT2D eigenvalue weighted by molar-refractivity contribution is -0.121. The Morgan fingerprint density at radius 1 is 1.38 bits per heavy atom. The van der Waals surface area contributed by atoms with Crippen LogP contribution in [0.5, 0.6) is 5.75 Å². The van der Waals surface area contributed by atoms with E-state index in [4.69, 9.17) is 4.74 Å². The van der Waals surface area contributed by atoms with E-state index in [2.05, 4.69) is 24.4 Å². The van der Waals surface area contributed by atoms with Crippen molar-refractivity contribution in [3.63, 3.8) is 0 Å². The average molecular weight is 301 g/mol. The van der Waals surface area contributed by atoms with E-state index in [0.717, 1.165) is 30.8 Å². The molecule has 0 bridgehead atoms. The van der Waals surface area contributed by atoms with Gasteiger partial charge >= 0.3 is 0 Å². The average Bonchev–Trinajstić information content (AvgIpc) is 3.08. The third-order valence-electron chi connectivity index (χ3n) is 3.65. The molecule has 2 aromatic rings. The third-order valence-corrected chi connectivity index (χ3v) is 4.38. The van der Waals surface area contributed by atoms with Gasteiger partial charge in [0.15, 0.2) is 0 Å². The van der Waals surface area contributed by atoms with Crippen molar-refractivity contribution in [2.75, 3.05) is 6.61 Å². The molecule has 21 heavy (non-hydrogen) atoms. The molecule has 0 saturated heterocycles. The van der Waals surface area contributed by atoms with Crippen LogP contribution in [0.25, 0.3) is 0 Å². The number of hydrogen-bond acceptors (Lipinski definition) is 3. The molecule has 0 saturated carbocycles. The number of nitrogens with one attached hydrogen (secondary N) is 1. The number of carbonyl (C=O) groups is 1. The molecule has 1 aliphatic heterocycles. The highest BCUT2D eigenvalue weighted by atomic mass is 32.1. The summed E-state index contributed by atoms with van der Waals surface area (Å²) < 4.78 is 5.51. The van der Waals surface area contributed by atoms with Crippen LogP contribution in [-0.2, 0) is 24.1 Å². The molecule has 1 aromatic heterocycles. The Labute approximate surface area is 129 Å². The van der Waals surface area contributed by atoms with E-state index in [9.17, 15) is 4.79 Å². The van der Waals surface area contributed by atoms with Gasteiger partial charge in [-0.3, -0.25) is 4.79 Å². The maximum atomic E-state index is 12.0. The fraction of sp³-hybridized carbons (Fsp3) is 0.353. The van der Waals surface area contributed by atoms with Gasteiger partial charge in [-0.1, -0.05) is 12.1 Å². The van der Waals surface area contributed by atoms with Gasteiger partial charge in [-0.2, -0.15) is 11.3 Å². The number of rotatable bonds is 5. The van der Waals surface area contributed by atoms with E-state index in [-0.39, 0.29) is 11.9 Å². The van der Waals surface area contributed by atoms with Gasteiger partial charge in [0.1, 0.15) is 5.75 Å². The maximum Gasteiger partial charge on any atom is 0.224 e. The number of ether oxygens (including phenoxy) is 1. The summed E-state index contributed by atoms with van der Waals surface area (Å²) in [6.07, 6.45) is 2.30. The molecule has 1 aliphatic rings. The van der Waals surface area contributed by atoms with Gasteiger partial charge in [-0.25, -0.2) is 0 Å². The highest BCUT2D eigenvalue weighted by Gasteiger charge is 2.14. The quantitative estimate of drug-likeness (QED) is 0.922. The topological polar surface area (TPSA) is 38.3 Å². The second-order valence-corrected chi connectivity index (χ2v) is 6.30. The van der Waals surface area contributed by atoms with Crippen LogP contribution in [0.15, 0.2) is 35.0 Å². The summed E-state index contributed by atoms with van der Waals surface area (Å²) >= 11 is 1.62. The number of amides is 1. The Hall–Kier alpha value is -1.81. The summed E-state index contributed by atoms with van der Waals surface area (Å²) in [6, 6.07) is 8.46. The van der Waals surface area contributed by atoms with Crippen LogP contribution in [0.4, 0.5) is 0 Å². The Morgan fingerprint density at radius 3 is 3.10 bits per heavy atom. The molecule has 2 heterocycles. The third kappa shape index (κ3) is 3.64. The minimum Gasteiger partial charge on any atom is -0.493 e. The summed E-state index contributed by atoms with van der Waals surface area (Å²) in [6.45, 7) is 2.83. The van der Waals surface area contributed by atoms with Gasteiger partial charge in [0.25, 0.3) is 0 Å². The number of benzene rings is 1. The van der Waals surface area contributed by atoms with Gasteiger partial charge in [-0.05, 0) is 52.9 Å². The van der Waals surface area contributed by atoms with Gasteiger partial charge in [-0.15, -0.1) is 0 Å². The predicted molar refractivity (Wildman–Crippen MR) is 85.0 cm³/mol. The van der Waals surface area contributed by atoms with Crippen molar-refractivity contribution < 1.29 is 9.53 Å². The summed E-state index contributed by atoms with van der Waals surface area (Å²) in [4.78, 5) is 12.0. The molecule has 1 atom stereocenters. The zero-order valence-electron chi connectivity index (χ0n) is 12.1. The highest BCUT2D eigenvalue weighted by molar-refractivity contribution is 7.07. The summed E-state index contributed by atoms with van der Waals surface area (Å²) in [5.74, 6) is 1.10. The molecule has 1 N–H and O–H groups in total. The molecule has 0 fully saturated rings. The largest absolute Gasteiger partial charge is 0.493 e. The standard InChI is InChI=1S/C17H19NO2S/c1-12(18-17(19)10-14-5-7-21-11-14)8-13-2-3-16-15(9-13)4-6-20-16/h2-3,5,7,9,11-12H,4,6,8,10H2,1H3,(H,18,19)/t12-/m0/s1. The maximum absolute atomic E-state index is 12.0. The van der Waals surface area contributed by atoms with E-state index in [1.165, 1.54) is 11.1 Å². The fourth-order valence-electron chi connectivity index (χ4n) is 2.68. The lowest BCUT2D eigenvalue weighted by Gasteiger charge is -2.14. The number of thiophene rings is 1. The molecular formula is C17H19NO2S. The van der Waals surface area contributed by atoms with Crippen LogP contribution >= 0.6 is 11.3 Å². The second-order valence-electron chi connectivity index (χ2n) is 5.52. The molecule has 0 spiro atoms. The lowest BCUT2D eigenvalue weighted by Crippen LogP contribution is -2.35. The van der Waals surface area contributed by atoms with Crippen LogP contribution in [0, 0.1) is 0 Å². The smallest absolute Gasteiger partial charge is 0.224 e. The molecule has 3 nitrogen and oxygen atoms in total. The van der Waals surface area contributed by atoms with Crippen LogP contribution in [0.1, 0.15) is 23.6 Å². The lowest BCUT2D eigenvalue weighted by atomic mass is 10.0. The monoisotopic (exact) mass is 301 g/mol. The zero-order chi connectivity index (χ0) is 14.7. The molecule has 4 heteroatoms. The van der Waals surface area contributed by atoms with E-state index in [1.807, 2.05) is 22.9 Å². The van der Waals surface area contributed by atoms with Crippen LogP contribution in [-0.4, -0.2) is 18.6 Å². The summed E-state index contributed by atoms with van der Waals surface area (Å²) in [7, 11) is 0. The van der Waals surface area contributed by atoms with Crippen molar-refractivity contribution in [3.05, 3.63) is 51.7 Å². The molecular weight excluding hydrogens is 282 g/mol. The first kappa shape index (κ1) is 14.1. The van der Waals surface area contributed by atoms with Crippen LogP contribution in [0.3, 0.4) is 0 Å². The van der Waals surface area contributed by atoms with E-state index < -0.39 is 0 Å². The molecule has 0 unspecified atom stereocenters. The predicted octanol–water partition coefficient (Wildman–Crippen LogP) is 2.97. The Kier molecular flexibility index (Phi) is 4.25. The van der Waals surface area contributed by atoms with Gasteiger partial charge in [0.2, 0.25) is 5.91 Å². The van der Waals surface area contributed by atoms with Crippen molar-refractivity contribution in [1.29, 1.82) is 0 Å². The minimum atomic E-state index is 0.0883. The van der Waals surface area contributed by atoms with Crippen molar-refractivity contribution in [2.45, 2.75) is 32.2 Å². The first-order chi connectivity index (χ1) is 10.2. The Balaban J connectivity index is 1.54. The molecule has 110 valence electrons. The molecule has 3 rings (SSSR count). The Morgan fingerprint density at radius 2 is 2.29 bits per heavy atom. The van der Waals surface area contributed by atoms with Crippen molar-refractivity contribution in [2.24, 2.45) is 0 Å². The molecule has 0 aliphatic carbocycles. The van der Waals surface area contributed by atoms with Gasteiger partial charge in [0.05, 0.1) is 13.0 Å². The van der Waals surface area contributed by atoms with E-state index in [0.29, 0.717) is 6.42 Å². The van der Waals surface area contributed by atoms with Crippen molar-refractivity contribution in [1.82, 2.24) is 5.32 Å². The first-order valence-electron chi connectivity index (χ1n) is 7.26. The SMILES string of the molecule is C[C@@H](Cc1ccc2c(c1)CCO2)NC(=O)Cc1ccsc1. The number of hydrogen-bond donors (Lipinski definition) is 1. The number of carbonyl (C=O) groups excluding carboxylic acids is 1. The molecule has 1 amide bonds. The van der Waals surface area contributed by atoms with Crippen molar-refractivity contribution in [3.8, 4) is 5.75 Å². The van der Waals surface area contributed by atoms with Crippen LogP contribution < -0.4 is 10.1 Å².